The number of hydrogen-bond acceptors (Lipinski definition) is 8. The zero-order valence-electron chi connectivity index (χ0n) is 19.7. The number of nitrogens with zero attached hydrogens (tertiary/aromatic N) is 3. The van der Waals surface area contributed by atoms with E-state index in [9.17, 15) is 18.3 Å². The Morgan fingerprint density at radius 1 is 0.947 bits per heavy atom. The number of aliphatic hydroxyl groups excluding tert-OH is 1. The molecule has 3 aromatic carbocycles. The van der Waals surface area contributed by atoms with Crippen LogP contribution in [0.25, 0.3) is 0 Å². The molecule has 4 aromatic rings. The van der Waals surface area contributed by atoms with Crippen molar-refractivity contribution >= 4 is 67.2 Å². The molecule has 7 nitrogen and oxygen atoms in total. The maximum atomic E-state index is 13.7. The topological polar surface area (TPSA) is 100 Å². The van der Waals surface area contributed by atoms with Gasteiger partial charge in [0.2, 0.25) is 15.0 Å². The smallest absolute Gasteiger partial charge is 0.296 e. The van der Waals surface area contributed by atoms with Crippen molar-refractivity contribution in [2.75, 3.05) is 4.90 Å². The lowest BCUT2D eigenvalue weighted by atomic mass is 10.1. The summed E-state index contributed by atoms with van der Waals surface area (Å²) in [6.45, 7) is 2.02. The van der Waals surface area contributed by atoms with Crippen molar-refractivity contribution in [2.45, 2.75) is 28.0 Å². The van der Waals surface area contributed by atoms with Gasteiger partial charge in [0.1, 0.15) is 10.9 Å². The van der Waals surface area contributed by atoms with Crippen molar-refractivity contribution in [2.24, 2.45) is 0 Å². The molecule has 0 saturated heterocycles. The summed E-state index contributed by atoms with van der Waals surface area (Å²) in [5, 5.41) is 20.2. The number of anilines is 1. The Bertz CT molecular complexity index is 1640. The van der Waals surface area contributed by atoms with Crippen LogP contribution in [0.4, 0.5) is 5.13 Å². The van der Waals surface area contributed by atoms with Crippen molar-refractivity contribution in [1.82, 2.24) is 10.2 Å². The second-order valence-corrected chi connectivity index (χ2v) is 13.4. The van der Waals surface area contributed by atoms with Crippen LogP contribution in [0.2, 0.25) is 10.0 Å². The second kappa shape index (κ2) is 10.7. The molecule has 1 aromatic heterocycles. The van der Waals surface area contributed by atoms with Gasteiger partial charge in [0.15, 0.2) is 10.1 Å². The number of amides is 1. The van der Waals surface area contributed by atoms with Crippen LogP contribution in [-0.2, 0) is 20.4 Å². The fourth-order valence-corrected chi connectivity index (χ4v) is 7.63. The lowest BCUT2D eigenvalue weighted by molar-refractivity contribution is -0.117. The summed E-state index contributed by atoms with van der Waals surface area (Å²) < 4.78 is 28.0. The van der Waals surface area contributed by atoms with E-state index in [0.717, 1.165) is 27.4 Å². The highest BCUT2D eigenvalue weighted by Crippen LogP contribution is 2.46. The number of aromatic nitrogens is 2. The predicted octanol–water partition coefficient (Wildman–Crippen LogP) is 6.78. The van der Waals surface area contributed by atoms with Gasteiger partial charge in [-0.3, -0.25) is 9.69 Å². The van der Waals surface area contributed by atoms with Gasteiger partial charge in [-0.05, 0) is 54.4 Å². The Balaban J connectivity index is 1.53. The van der Waals surface area contributed by atoms with Crippen LogP contribution in [0.15, 0.2) is 92.7 Å². The van der Waals surface area contributed by atoms with Crippen molar-refractivity contribution in [1.29, 1.82) is 0 Å². The number of carbonyl (C=O) groups excluding carboxylic acids is 1. The maximum absolute atomic E-state index is 13.7. The first kappa shape index (κ1) is 26.7. The molecule has 1 aliphatic heterocycles. The Morgan fingerprint density at radius 2 is 1.55 bits per heavy atom. The minimum atomic E-state index is -4.30. The minimum Gasteiger partial charge on any atom is -0.502 e. The monoisotopic (exact) mass is 603 g/mol. The lowest BCUT2D eigenvalue weighted by Gasteiger charge is -2.24. The number of thioether (sulfide) groups is 1. The lowest BCUT2D eigenvalue weighted by Crippen LogP contribution is -2.31. The number of sulfone groups is 1. The van der Waals surface area contributed by atoms with Crippen LogP contribution in [0, 0.1) is 6.92 Å². The van der Waals surface area contributed by atoms with E-state index in [1.807, 2.05) is 31.2 Å². The fourth-order valence-electron chi connectivity index (χ4n) is 3.93. The van der Waals surface area contributed by atoms with Crippen molar-refractivity contribution in [3.63, 3.8) is 0 Å². The van der Waals surface area contributed by atoms with E-state index >= 15 is 0 Å². The van der Waals surface area contributed by atoms with Crippen LogP contribution in [0.3, 0.4) is 0 Å². The second-order valence-electron chi connectivity index (χ2n) is 8.42. The largest absolute Gasteiger partial charge is 0.502 e. The molecular weight excluding hydrogens is 585 g/mol. The molecule has 0 radical (unpaired) electrons. The first-order valence-corrected chi connectivity index (χ1v) is 15.2. The molecule has 0 aliphatic carbocycles. The molecule has 5 rings (SSSR count). The number of aryl methyl sites for hydroxylation is 1. The first-order chi connectivity index (χ1) is 18.1. The maximum Gasteiger partial charge on any atom is 0.296 e. The number of carbonyl (C=O) groups is 1. The Hall–Kier alpha value is -2.89. The molecule has 0 unspecified atom stereocenters. The van der Waals surface area contributed by atoms with Gasteiger partial charge in [0.05, 0.1) is 4.90 Å². The van der Waals surface area contributed by atoms with Gasteiger partial charge in [-0.1, -0.05) is 88.3 Å². The van der Waals surface area contributed by atoms with Crippen LogP contribution in [-0.4, -0.2) is 29.6 Å². The number of halogens is 2. The zero-order valence-corrected chi connectivity index (χ0v) is 23.7. The van der Waals surface area contributed by atoms with Gasteiger partial charge in [0, 0.05) is 15.8 Å². The standard InChI is InChI=1S/C26H19Cl2N3O4S3/c1-15-2-4-16(5-3-15)14-36-26-30-29-25(37-26)31-21(17-6-8-18(27)9-7-17)23(22(32)24(31)33)38(34,35)20-12-10-19(28)11-13-20/h2-13,21,32H,14H2,1H3/t21-/m1/s1. The molecule has 0 saturated carbocycles. The van der Waals surface area contributed by atoms with Crippen LogP contribution < -0.4 is 4.90 Å². The first-order valence-electron chi connectivity index (χ1n) is 11.2. The molecule has 1 aliphatic rings. The SMILES string of the molecule is Cc1ccc(CSc2nnc(N3C(=O)C(O)=C(S(=O)(=O)c4ccc(Cl)cc4)[C@H]3c3ccc(Cl)cc3)s2)cc1. The highest BCUT2D eigenvalue weighted by Gasteiger charge is 2.48. The van der Waals surface area contributed by atoms with Crippen molar-refractivity contribution in [3.8, 4) is 0 Å². The Morgan fingerprint density at radius 3 is 2.18 bits per heavy atom. The Kier molecular flexibility index (Phi) is 7.52. The molecule has 194 valence electrons. The third kappa shape index (κ3) is 5.19. The van der Waals surface area contributed by atoms with Crippen LogP contribution in [0.5, 0.6) is 0 Å². The Labute approximate surface area is 237 Å². The van der Waals surface area contributed by atoms with Gasteiger partial charge in [0.25, 0.3) is 5.91 Å². The van der Waals surface area contributed by atoms with E-state index in [0.29, 0.717) is 25.7 Å². The molecule has 0 fully saturated rings. The third-order valence-electron chi connectivity index (χ3n) is 5.85. The highest BCUT2D eigenvalue weighted by atomic mass is 35.5. The van der Waals surface area contributed by atoms with Crippen molar-refractivity contribution in [3.05, 3.63) is 110 Å². The van der Waals surface area contributed by atoms with E-state index < -0.39 is 32.5 Å². The van der Waals surface area contributed by atoms with Gasteiger partial charge in [-0.15, -0.1) is 10.2 Å². The van der Waals surface area contributed by atoms with Gasteiger partial charge in [-0.25, -0.2) is 8.42 Å². The summed E-state index contributed by atoms with van der Waals surface area (Å²) in [5.41, 5.74) is 2.70. The van der Waals surface area contributed by atoms with Gasteiger partial charge < -0.3 is 5.11 Å². The molecule has 1 amide bonds. The average Bonchev–Trinajstić information content (AvgIpc) is 3.47. The molecule has 2 heterocycles. The minimum absolute atomic E-state index is 0.108. The summed E-state index contributed by atoms with van der Waals surface area (Å²) in [6, 6.07) is 18.8. The van der Waals surface area contributed by atoms with Gasteiger partial charge in [-0.2, -0.15) is 0 Å². The average molecular weight is 605 g/mol. The predicted molar refractivity (Wildman–Crippen MR) is 151 cm³/mol. The molecule has 0 bridgehead atoms. The summed E-state index contributed by atoms with van der Waals surface area (Å²) in [4.78, 5) is 14.0. The molecule has 1 atom stereocenters. The molecule has 0 spiro atoms. The molecule has 1 N–H and O–H groups in total. The van der Waals surface area contributed by atoms with E-state index in [2.05, 4.69) is 10.2 Å². The summed E-state index contributed by atoms with van der Waals surface area (Å²) in [6.07, 6.45) is 0. The molecule has 38 heavy (non-hydrogen) atoms. The number of benzene rings is 3. The fraction of sp³-hybridized carbons (Fsp3) is 0.115. The summed E-state index contributed by atoms with van der Waals surface area (Å²) >= 11 is 14.6. The van der Waals surface area contributed by atoms with E-state index in [1.165, 1.54) is 36.0 Å². The van der Waals surface area contributed by atoms with Crippen LogP contribution >= 0.6 is 46.3 Å². The third-order valence-corrected chi connectivity index (χ3v) is 10.4. The van der Waals surface area contributed by atoms with Crippen LogP contribution in [0.1, 0.15) is 22.7 Å². The summed E-state index contributed by atoms with van der Waals surface area (Å²) in [7, 11) is -4.30. The molecule has 12 heteroatoms. The normalized spacial score (nSPS) is 15.9. The number of hydrogen-bond donors (Lipinski definition) is 1. The van der Waals surface area contributed by atoms with Crippen molar-refractivity contribution < 1.29 is 18.3 Å². The van der Waals surface area contributed by atoms with Gasteiger partial charge >= 0.3 is 0 Å². The van der Waals surface area contributed by atoms with E-state index in [-0.39, 0.29) is 10.0 Å². The number of rotatable bonds is 7. The highest BCUT2D eigenvalue weighted by molar-refractivity contribution is 8.00. The number of aliphatic hydroxyl groups is 1. The van der Waals surface area contributed by atoms with E-state index in [4.69, 9.17) is 23.2 Å². The molecular formula is C26H19Cl2N3O4S3. The van der Waals surface area contributed by atoms with E-state index in [1.54, 1.807) is 24.3 Å². The summed E-state index contributed by atoms with van der Waals surface area (Å²) in [5.74, 6) is -1.11. The quantitative estimate of drug-likeness (QED) is 0.183. The zero-order chi connectivity index (χ0) is 27.0.